The maximum atomic E-state index is 13.2. The molecule has 0 radical (unpaired) electrons. The van der Waals surface area contributed by atoms with Crippen LogP contribution in [-0.4, -0.2) is 30.9 Å². The van der Waals surface area contributed by atoms with Gasteiger partial charge in [-0.2, -0.15) is 0 Å². The topological polar surface area (TPSA) is 96.5 Å². The Labute approximate surface area is 205 Å². The number of carbonyl (C=O) groups is 3. The van der Waals surface area contributed by atoms with Gasteiger partial charge in [0.2, 0.25) is 5.91 Å². The second-order valence-corrected chi connectivity index (χ2v) is 8.73. The molecular formula is C28H31N3O4. The summed E-state index contributed by atoms with van der Waals surface area (Å²) in [4.78, 5) is 39.0. The van der Waals surface area contributed by atoms with Gasteiger partial charge in [-0.1, -0.05) is 43.7 Å². The van der Waals surface area contributed by atoms with Gasteiger partial charge in [0.15, 0.2) is 0 Å². The van der Waals surface area contributed by atoms with Gasteiger partial charge in [-0.15, -0.1) is 0 Å². The molecule has 182 valence electrons. The smallest absolute Gasteiger partial charge is 0.255 e. The lowest BCUT2D eigenvalue weighted by molar-refractivity contribution is -0.118. The van der Waals surface area contributed by atoms with Crippen molar-refractivity contribution in [1.29, 1.82) is 0 Å². The zero-order valence-corrected chi connectivity index (χ0v) is 20.6. The summed E-state index contributed by atoms with van der Waals surface area (Å²) >= 11 is 0. The minimum absolute atomic E-state index is 0.161. The molecule has 0 unspecified atom stereocenters. The van der Waals surface area contributed by atoms with E-state index in [2.05, 4.69) is 16.0 Å². The van der Waals surface area contributed by atoms with E-state index in [-0.39, 0.29) is 23.3 Å². The van der Waals surface area contributed by atoms with Gasteiger partial charge in [0.05, 0.1) is 18.4 Å². The van der Waals surface area contributed by atoms with E-state index in [0.29, 0.717) is 22.7 Å². The number of aryl methyl sites for hydroxylation is 2. The molecule has 0 fully saturated rings. The molecule has 3 amide bonds. The molecule has 0 spiro atoms. The zero-order valence-electron chi connectivity index (χ0n) is 20.6. The molecule has 0 saturated carbocycles. The minimum atomic E-state index is -0.770. The number of hydrogen-bond donors (Lipinski definition) is 3. The predicted molar refractivity (Wildman–Crippen MR) is 138 cm³/mol. The van der Waals surface area contributed by atoms with E-state index in [1.165, 1.54) is 0 Å². The standard InChI is InChI=1S/C28H31N3O4/c1-17(2)25(28(34)29-23-15-10-18(3)16-19(23)4)31-27(33)22-8-6-7-9-24(22)30-26(32)20-11-13-21(35-5)14-12-20/h6-17,25H,1-5H3,(H,29,34)(H,30,32)(H,31,33)/t25-/m1/s1. The first-order valence-electron chi connectivity index (χ1n) is 11.4. The van der Waals surface area contributed by atoms with Gasteiger partial charge in [-0.3, -0.25) is 14.4 Å². The molecular weight excluding hydrogens is 442 g/mol. The van der Waals surface area contributed by atoms with Crippen molar-refractivity contribution in [2.24, 2.45) is 5.92 Å². The van der Waals surface area contributed by atoms with Crippen molar-refractivity contribution in [3.05, 3.63) is 89.0 Å². The van der Waals surface area contributed by atoms with Crippen LogP contribution in [0.4, 0.5) is 11.4 Å². The lowest BCUT2D eigenvalue weighted by atomic mass is 10.0. The lowest BCUT2D eigenvalue weighted by Gasteiger charge is -2.23. The normalized spacial score (nSPS) is 11.5. The molecule has 0 aliphatic heterocycles. The van der Waals surface area contributed by atoms with Crippen LogP contribution in [0.15, 0.2) is 66.7 Å². The van der Waals surface area contributed by atoms with Crippen LogP contribution in [0, 0.1) is 19.8 Å². The summed E-state index contributed by atoms with van der Waals surface area (Å²) in [7, 11) is 1.55. The third-order valence-corrected chi connectivity index (χ3v) is 5.65. The highest BCUT2D eigenvalue weighted by atomic mass is 16.5. The van der Waals surface area contributed by atoms with Crippen LogP contribution in [-0.2, 0) is 4.79 Å². The summed E-state index contributed by atoms with van der Waals surface area (Å²) < 4.78 is 5.13. The monoisotopic (exact) mass is 473 g/mol. The van der Waals surface area contributed by atoms with E-state index >= 15 is 0 Å². The van der Waals surface area contributed by atoms with E-state index in [9.17, 15) is 14.4 Å². The van der Waals surface area contributed by atoms with Gasteiger partial charge >= 0.3 is 0 Å². The second-order valence-electron chi connectivity index (χ2n) is 8.73. The molecule has 0 aliphatic carbocycles. The number of hydrogen-bond acceptors (Lipinski definition) is 4. The summed E-state index contributed by atoms with van der Waals surface area (Å²) in [6.07, 6.45) is 0. The Hall–Kier alpha value is -4.13. The molecule has 3 aromatic rings. The van der Waals surface area contributed by atoms with E-state index < -0.39 is 11.9 Å². The van der Waals surface area contributed by atoms with Crippen LogP contribution in [0.3, 0.4) is 0 Å². The molecule has 35 heavy (non-hydrogen) atoms. The number of anilines is 2. The number of rotatable bonds is 8. The first-order chi connectivity index (χ1) is 16.7. The van der Waals surface area contributed by atoms with Crippen molar-refractivity contribution >= 4 is 29.1 Å². The lowest BCUT2D eigenvalue weighted by Crippen LogP contribution is -2.47. The predicted octanol–water partition coefficient (Wildman–Crippen LogP) is 4.96. The van der Waals surface area contributed by atoms with Crippen LogP contribution >= 0.6 is 0 Å². The van der Waals surface area contributed by atoms with Gasteiger partial charge in [0, 0.05) is 11.3 Å². The van der Waals surface area contributed by atoms with Gasteiger partial charge < -0.3 is 20.7 Å². The Bertz CT molecular complexity index is 1220. The van der Waals surface area contributed by atoms with E-state index in [1.807, 2.05) is 45.9 Å². The Morgan fingerprint density at radius 1 is 0.800 bits per heavy atom. The molecule has 1 atom stereocenters. The number of benzene rings is 3. The first kappa shape index (κ1) is 25.5. The highest BCUT2D eigenvalue weighted by molar-refractivity contribution is 6.10. The number of para-hydroxylation sites is 1. The van der Waals surface area contributed by atoms with Crippen molar-refractivity contribution in [3.63, 3.8) is 0 Å². The molecule has 0 aromatic heterocycles. The van der Waals surface area contributed by atoms with Crippen molar-refractivity contribution in [3.8, 4) is 5.75 Å². The van der Waals surface area contributed by atoms with Crippen LogP contribution in [0.25, 0.3) is 0 Å². The SMILES string of the molecule is COc1ccc(C(=O)Nc2ccccc2C(=O)N[C@@H](C(=O)Nc2ccc(C)cc2C)C(C)C)cc1. The van der Waals surface area contributed by atoms with E-state index in [4.69, 9.17) is 4.74 Å². The van der Waals surface area contributed by atoms with E-state index in [0.717, 1.165) is 11.1 Å². The Morgan fingerprint density at radius 2 is 1.49 bits per heavy atom. The maximum absolute atomic E-state index is 13.2. The molecule has 0 aliphatic rings. The molecule has 0 saturated heterocycles. The van der Waals surface area contributed by atoms with E-state index in [1.54, 1.807) is 55.6 Å². The largest absolute Gasteiger partial charge is 0.497 e. The van der Waals surface area contributed by atoms with Gasteiger partial charge in [-0.25, -0.2) is 0 Å². The highest BCUT2D eigenvalue weighted by Gasteiger charge is 2.26. The van der Waals surface area contributed by atoms with Crippen LogP contribution < -0.4 is 20.7 Å². The van der Waals surface area contributed by atoms with Crippen molar-refractivity contribution < 1.29 is 19.1 Å². The number of carbonyl (C=O) groups excluding carboxylic acids is 3. The summed E-state index contributed by atoms with van der Waals surface area (Å²) in [6, 6.07) is 18.4. The Kier molecular flexibility index (Phi) is 8.25. The summed E-state index contributed by atoms with van der Waals surface area (Å²) in [6.45, 7) is 7.64. The van der Waals surface area contributed by atoms with Crippen molar-refractivity contribution in [2.45, 2.75) is 33.7 Å². The first-order valence-corrected chi connectivity index (χ1v) is 11.4. The highest BCUT2D eigenvalue weighted by Crippen LogP contribution is 2.20. The summed E-state index contributed by atoms with van der Waals surface area (Å²) in [5, 5.41) is 8.54. The summed E-state index contributed by atoms with van der Waals surface area (Å²) in [5.41, 5.74) is 3.78. The average Bonchev–Trinajstić information content (AvgIpc) is 2.84. The van der Waals surface area contributed by atoms with Gasteiger partial charge in [0.1, 0.15) is 11.8 Å². The number of methoxy groups -OCH3 is 1. The van der Waals surface area contributed by atoms with Gasteiger partial charge in [-0.05, 0) is 67.8 Å². The molecule has 0 bridgehead atoms. The number of ether oxygens (including phenoxy) is 1. The van der Waals surface area contributed by atoms with Crippen molar-refractivity contribution in [2.75, 3.05) is 17.7 Å². The molecule has 3 N–H and O–H groups in total. The zero-order chi connectivity index (χ0) is 25.5. The molecule has 3 rings (SSSR count). The number of nitrogens with one attached hydrogen (secondary N) is 3. The molecule has 7 nitrogen and oxygen atoms in total. The quantitative estimate of drug-likeness (QED) is 0.431. The maximum Gasteiger partial charge on any atom is 0.255 e. The summed E-state index contributed by atoms with van der Waals surface area (Å²) in [5.74, 6) is -0.642. The minimum Gasteiger partial charge on any atom is -0.497 e. The van der Waals surface area contributed by atoms with Crippen LogP contribution in [0.5, 0.6) is 5.75 Å². The fraction of sp³-hybridized carbons (Fsp3) is 0.250. The Balaban J connectivity index is 1.76. The number of amides is 3. The molecule has 7 heteroatoms. The second kappa shape index (κ2) is 11.3. The molecule has 3 aromatic carbocycles. The third kappa shape index (κ3) is 6.47. The van der Waals surface area contributed by atoms with Crippen LogP contribution in [0.2, 0.25) is 0 Å². The fourth-order valence-electron chi connectivity index (χ4n) is 3.65. The fourth-order valence-corrected chi connectivity index (χ4v) is 3.65. The third-order valence-electron chi connectivity index (χ3n) is 5.65. The average molecular weight is 474 g/mol. The Morgan fingerprint density at radius 3 is 2.11 bits per heavy atom. The van der Waals surface area contributed by atoms with Gasteiger partial charge in [0.25, 0.3) is 11.8 Å². The van der Waals surface area contributed by atoms with Crippen molar-refractivity contribution in [1.82, 2.24) is 5.32 Å². The molecule has 0 heterocycles. The van der Waals surface area contributed by atoms with Crippen LogP contribution in [0.1, 0.15) is 45.7 Å².